The predicted molar refractivity (Wildman–Crippen MR) is 125 cm³/mol. The fraction of sp³-hybridized carbons (Fsp3) is 0.500. The Morgan fingerprint density at radius 3 is 2.53 bits per heavy atom. The van der Waals surface area contributed by atoms with Crippen molar-refractivity contribution in [2.24, 2.45) is 4.99 Å². The largest absolute Gasteiger partial charge is 0.507 e. The molecule has 1 unspecified atom stereocenters. The Labute approximate surface area is 181 Å². The molecule has 4 heteroatoms. The van der Waals surface area contributed by atoms with Gasteiger partial charge in [-0.1, -0.05) is 70.0 Å². The maximum atomic E-state index is 10.8. The third-order valence-corrected chi connectivity index (χ3v) is 5.98. The second-order valence-corrected chi connectivity index (χ2v) is 9.57. The Kier molecular flexibility index (Phi) is 7.32. The highest BCUT2D eigenvalue weighted by molar-refractivity contribution is 5.85. The topological polar surface area (TPSA) is 64.9 Å². The zero-order valence-corrected chi connectivity index (χ0v) is 18.7. The summed E-state index contributed by atoms with van der Waals surface area (Å²) in [5.74, 6) is 0.330. The number of aliphatic hydroxyl groups excluding tert-OH is 1. The van der Waals surface area contributed by atoms with Crippen LogP contribution in [0.15, 0.2) is 47.5 Å². The highest BCUT2D eigenvalue weighted by Gasteiger charge is 2.25. The van der Waals surface area contributed by atoms with E-state index in [1.807, 2.05) is 42.6 Å². The van der Waals surface area contributed by atoms with Crippen LogP contribution in [0.1, 0.15) is 74.8 Å². The second kappa shape index (κ2) is 9.76. The molecular formula is C26H36N2O2. The second-order valence-electron chi connectivity index (χ2n) is 9.57. The van der Waals surface area contributed by atoms with Crippen molar-refractivity contribution in [1.29, 1.82) is 0 Å². The maximum Gasteiger partial charge on any atom is 0.128 e. The Morgan fingerprint density at radius 2 is 1.83 bits per heavy atom. The molecule has 0 radical (unpaired) electrons. The number of aliphatic imine (C=N–C) groups is 1. The summed E-state index contributed by atoms with van der Waals surface area (Å²) >= 11 is 0. The van der Waals surface area contributed by atoms with E-state index in [9.17, 15) is 10.2 Å². The van der Waals surface area contributed by atoms with Crippen molar-refractivity contribution in [1.82, 2.24) is 5.32 Å². The van der Waals surface area contributed by atoms with Gasteiger partial charge in [0.2, 0.25) is 0 Å². The minimum atomic E-state index is -0.520. The monoisotopic (exact) mass is 408 g/mol. The Morgan fingerprint density at radius 1 is 1.13 bits per heavy atom. The first-order valence-electron chi connectivity index (χ1n) is 11.1. The van der Waals surface area contributed by atoms with Crippen molar-refractivity contribution in [2.75, 3.05) is 6.54 Å². The van der Waals surface area contributed by atoms with E-state index in [0.29, 0.717) is 12.3 Å². The first-order valence-corrected chi connectivity index (χ1v) is 11.1. The number of rotatable bonds is 6. The molecule has 3 rings (SSSR count). The Bertz CT molecular complexity index is 855. The van der Waals surface area contributed by atoms with Gasteiger partial charge in [0.15, 0.2) is 0 Å². The molecule has 3 atom stereocenters. The van der Waals surface area contributed by atoms with Gasteiger partial charge in [-0.25, -0.2) is 0 Å². The summed E-state index contributed by atoms with van der Waals surface area (Å²) < 4.78 is 0. The molecule has 1 aliphatic carbocycles. The minimum Gasteiger partial charge on any atom is -0.507 e. The number of hydrogen-bond donors (Lipinski definition) is 3. The van der Waals surface area contributed by atoms with E-state index in [2.05, 4.69) is 39.1 Å². The fourth-order valence-corrected chi connectivity index (χ4v) is 4.24. The average Bonchev–Trinajstić information content (AvgIpc) is 2.72. The van der Waals surface area contributed by atoms with Crippen molar-refractivity contribution in [3.05, 3.63) is 64.7 Å². The number of nitrogens with zero attached hydrogens (tertiary/aromatic N) is 1. The minimum absolute atomic E-state index is 0.124. The smallest absolute Gasteiger partial charge is 0.128 e. The lowest BCUT2D eigenvalue weighted by Gasteiger charge is -2.30. The maximum absolute atomic E-state index is 10.8. The lowest BCUT2D eigenvalue weighted by molar-refractivity contribution is 0.163. The van der Waals surface area contributed by atoms with Crippen molar-refractivity contribution in [3.63, 3.8) is 0 Å². The third kappa shape index (κ3) is 5.71. The van der Waals surface area contributed by atoms with E-state index in [0.717, 1.165) is 41.5 Å². The molecule has 2 aromatic carbocycles. The first kappa shape index (κ1) is 22.5. The molecule has 2 aromatic rings. The lowest BCUT2D eigenvalue weighted by Crippen LogP contribution is -2.43. The van der Waals surface area contributed by atoms with Crippen molar-refractivity contribution in [3.8, 4) is 5.75 Å². The van der Waals surface area contributed by atoms with Gasteiger partial charge in [0.25, 0.3) is 0 Å². The number of aryl methyl sites for hydroxylation is 1. The van der Waals surface area contributed by atoms with Crippen LogP contribution in [0.5, 0.6) is 5.75 Å². The Hall–Kier alpha value is -2.17. The molecule has 3 N–H and O–H groups in total. The van der Waals surface area contributed by atoms with Crippen LogP contribution in [-0.2, 0) is 5.41 Å². The SMILES string of the molecule is Cc1cc(C=N[C@@H]2CCCC[C@H]2NCC(O)c2ccccc2)c(O)c(C(C)(C)C)c1. The van der Waals surface area contributed by atoms with Gasteiger partial charge in [-0.2, -0.15) is 0 Å². The zero-order chi connectivity index (χ0) is 21.7. The summed E-state index contributed by atoms with van der Waals surface area (Å²) in [5.41, 5.74) is 3.67. The highest BCUT2D eigenvalue weighted by Crippen LogP contribution is 2.34. The van der Waals surface area contributed by atoms with Gasteiger partial charge in [0, 0.05) is 29.9 Å². The summed E-state index contributed by atoms with van der Waals surface area (Å²) in [5, 5.41) is 24.8. The standard InChI is InChI=1S/C26H36N2O2/c1-18-14-20(25(30)21(15-18)26(2,3)4)16-27-22-12-8-9-13-23(22)28-17-24(29)19-10-6-5-7-11-19/h5-7,10-11,14-16,22-24,28-30H,8-9,12-13,17H2,1-4H3/t22-,23-,24?/m1/s1. The van der Waals surface area contributed by atoms with Gasteiger partial charge in [-0.15, -0.1) is 0 Å². The average molecular weight is 409 g/mol. The van der Waals surface area contributed by atoms with Gasteiger partial charge >= 0.3 is 0 Å². The van der Waals surface area contributed by atoms with E-state index in [1.54, 1.807) is 0 Å². The molecule has 0 amide bonds. The van der Waals surface area contributed by atoms with Crippen LogP contribution in [0, 0.1) is 6.92 Å². The highest BCUT2D eigenvalue weighted by atomic mass is 16.3. The predicted octanol–water partition coefficient (Wildman–Crippen LogP) is 5.05. The number of benzene rings is 2. The van der Waals surface area contributed by atoms with Gasteiger partial charge in [0.05, 0.1) is 12.1 Å². The molecule has 162 valence electrons. The number of aliphatic hydroxyl groups is 1. The number of hydrogen-bond acceptors (Lipinski definition) is 4. The van der Waals surface area contributed by atoms with Crippen molar-refractivity contribution < 1.29 is 10.2 Å². The lowest BCUT2D eigenvalue weighted by atomic mass is 9.84. The molecule has 1 saturated carbocycles. The molecule has 0 aromatic heterocycles. The van der Waals surface area contributed by atoms with Crippen LogP contribution in [0.2, 0.25) is 0 Å². The van der Waals surface area contributed by atoms with Gasteiger partial charge in [-0.3, -0.25) is 4.99 Å². The molecule has 0 bridgehead atoms. The molecule has 1 fully saturated rings. The van der Waals surface area contributed by atoms with E-state index < -0.39 is 6.10 Å². The molecule has 1 aliphatic rings. The molecule has 0 aliphatic heterocycles. The normalized spacial score (nSPS) is 21.1. The van der Waals surface area contributed by atoms with Crippen molar-refractivity contribution in [2.45, 2.75) is 77.0 Å². The van der Waals surface area contributed by atoms with Crippen LogP contribution in [-0.4, -0.2) is 35.1 Å². The summed E-state index contributed by atoms with van der Waals surface area (Å²) in [6.07, 6.45) is 5.73. The number of aromatic hydroxyl groups is 1. The Balaban J connectivity index is 1.71. The zero-order valence-electron chi connectivity index (χ0n) is 18.7. The third-order valence-electron chi connectivity index (χ3n) is 5.98. The quantitative estimate of drug-likeness (QED) is 0.586. The van der Waals surface area contributed by atoms with Crippen molar-refractivity contribution >= 4 is 6.21 Å². The number of phenols is 1. The van der Waals surface area contributed by atoms with E-state index >= 15 is 0 Å². The molecule has 4 nitrogen and oxygen atoms in total. The molecule has 0 saturated heterocycles. The van der Waals surface area contributed by atoms with Gasteiger partial charge in [-0.05, 0) is 42.4 Å². The number of phenolic OH excluding ortho intramolecular Hbond substituents is 1. The first-order chi connectivity index (χ1) is 14.3. The van der Waals surface area contributed by atoms with Crippen LogP contribution in [0.25, 0.3) is 0 Å². The van der Waals surface area contributed by atoms with Crippen LogP contribution >= 0.6 is 0 Å². The van der Waals surface area contributed by atoms with E-state index in [4.69, 9.17) is 4.99 Å². The number of nitrogens with one attached hydrogen (secondary N) is 1. The molecular weight excluding hydrogens is 372 g/mol. The molecule has 30 heavy (non-hydrogen) atoms. The molecule has 0 heterocycles. The molecule has 0 spiro atoms. The summed E-state index contributed by atoms with van der Waals surface area (Å²) in [6.45, 7) is 8.91. The van der Waals surface area contributed by atoms with Gasteiger partial charge in [0.1, 0.15) is 5.75 Å². The summed E-state index contributed by atoms with van der Waals surface area (Å²) in [6, 6.07) is 14.2. The van der Waals surface area contributed by atoms with E-state index in [1.165, 1.54) is 6.42 Å². The van der Waals surface area contributed by atoms with Gasteiger partial charge < -0.3 is 15.5 Å². The van der Waals surface area contributed by atoms with E-state index in [-0.39, 0.29) is 17.5 Å². The summed E-state index contributed by atoms with van der Waals surface area (Å²) in [4.78, 5) is 4.88. The van der Waals surface area contributed by atoms with Crippen LogP contribution < -0.4 is 5.32 Å². The fourth-order valence-electron chi connectivity index (χ4n) is 4.24. The summed E-state index contributed by atoms with van der Waals surface area (Å²) in [7, 11) is 0. The van der Waals surface area contributed by atoms with Crippen LogP contribution in [0.4, 0.5) is 0 Å². The van der Waals surface area contributed by atoms with Crippen LogP contribution in [0.3, 0.4) is 0 Å².